The average molecular weight is 493 g/mol. The van der Waals surface area contributed by atoms with Gasteiger partial charge in [0.1, 0.15) is 5.60 Å². The summed E-state index contributed by atoms with van der Waals surface area (Å²) < 4.78 is 8.62. The lowest BCUT2D eigenvalue weighted by Gasteiger charge is -2.19. The molecule has 0 saturated carbocycles. The van der Waals surface area contributed by atoms with Crippen molar-refractivity contribution in [1.29, 1.82) is 0 Å². The third-order valence-electron chi connectivity index (χ3n) is 3.70. The molecule has 4 rings (SSSR count). The van der Waals surface area contributed by atoms with Gasteiger partial charge in [0.15, 0.2) is 0 Å². The molecule has 2 heterocycles. The number of fused-ring (bicyclic) bond motifs is 2. The molecule has 27 heavy (non-hydrogen) atoms. The predicted octanol–water partition coefficient (Wildman–Crippen LogP) is 5.96. The SMILES string of the molecule is Brc1ccc2c(c1)C=NC2.CC(C)(C)OC(=O)n1ncc2cc(Br)ccc21. The number of carbonyl (C=O) groups excluding carboxylic acids is 1. The average Bonchev–Trinajstić information content (AvgIpc) is 3.19. The van der Waals surface area contributed by atoms with E-state index in [4.69, 9.17) is 4.74 Å². The molecule has 2 aromatic carbocycles. The first-order chi connectivity index (χ1) is 12.7. The van der Waals surface area contributed by atoms with Crippen molar-refractivity contribution in [3.05, 3.63) is 62.7 Å². The molecule has 1 aliphatic heterocycles. The summed E-state index contributed by atoms with van der Waals surface area (Å²) in [6.45, 7) is 6.33. The number of benzene rings is 2. The molecule has 0 N–H and O–H groups in total. The van der Waals surface area contributed by atoms with Crippen LogP contribution in [0.15, 0.2) is 56.5 Å². The molecule has 5 nitrogen and oxygen atoms in total. The molecular weight excluding hydrogens is 474 g/mol. The Morgan fingerprint density at radius 1 is 1.11 bits per heavy atom. The van der Waals surface area contributed by atoms with Crippen LogP contribution < -0.4 is 0 Å². The summed E-state index contributed by atoms with van der Waals surface area (Å²) in [6.07, 6.45) is 3.10. The van der Waals surface area contributed by atoms with Gasteiger partial charge in [-0.2, -0.15) is 9.78 Å². The summed E-state index contributed by atoms with van der Waals surface area (Å²) in [5, 5.41) is 4.94. The van der Waals surface area contributed by atoms with Crippen LogP contribution in [0.2, 0.25) is 0 Å². The van der Waals surface area contributed by atoms with Gasteiger partial charge in [-0.25, -0.2) is 4.79 Å². The van der Waals surface area contributed by atoms with Crippen LogP contribution >= 0.6 is 31.9 Å². The molecule has 1 aromatic heterocycles. The number of nitrogens with zero attached hydrogens (tertiary/aromatic N) is 3. The quantitative estimate of drug-likeness (QED) is 0.388. The van der Waals surface area contributed by atoms with E-state index in [9.17, 15) is 4.79 Å². The lowest BCUT2D eigenvalue weighted by Crippen LogP contribution is -2.27. The maximum absolute atomic E-state index is 11.9. The number of carbonyl (C=O) groups is 1. The van der Waals surface area contributed by atoms with Gasteiger partial charge in [-0.1, -0.05) is 37.9 Å². The molecule has 1 aliphatic rings. The van der Waals surface area contributed by atoms with Gasteiger partial charge < -0.3 is 4.74 Å². The van der Waals surface area contributed by atoms with Gasteiger partial charge in [-0.05, 0) is 62.2 Å². The maximum atomic E-state index is 11.9. The summed E-state index contributed by atoms with van der Waals surface area (Å²) in [7, 11) is 0. The number of aliphatic imine (C=N–C) groups is 1. The second-order valence-corrected chi connectivity index (χ2v) is 8.88. The summed E-state index contributed by atoms with van der Waals surface area (Å²) in [4.78, 5) is 16.0. The van der Waals surface area contributed by atoms with E-state index in [0.717, 1.165) is 26.4 Å². The van der Waals surface area contributed by atoms with Gasteiger partial charge in [-0.15, -0.1) is 0 Å². The van der Waals surface area contributed by atoms with Crippen LogP contribution in [-0.4, -0.2) is 27.7 Å². The van der Waals surface area contributed by atoms with Crippen molar-refractivity contribution >= 4 is 55.1 Å². The number of ether oxygens (including phenoxy) is 1. The Morgan fingerprint density at radius 2 is 1.81 bits per heavy atom. The number of hydrogen-bond donors (Lipinski definition) is 0. The molecule has 140 valence electrons. The fraction of sp³-hybridized carbons (Fsp3) is 0.250. The Balaban J connectivity index is 0.000000177. The zero-order valence-electron chi connectivity index (χ0n) is 15.2. The van der Waals surface area contributed by atoms with Crippen LogP contribution in [0.4, 0.5) is 4.79 Å². The minimum atomic E-state index is -0.523. The van der Waals surface area contributed by atoms with Crippen molar-refractivity contribution in [1.82, 2.24) is 9.78 Å². The molecule has 3 aromatic rings. The first-order valence-corrected chi connectivity index (χ1v) is 9.96. The molecule has 0 aliphatic carbocycles. The highest BCUT2D eigenvalue weighted by Crippen LogP contribution is 2.21. The molecule has 0 fully saturated rings. The number of aromatic nitrogens is 2. The van der Waals surface area contributed by atoms with E-state index < -0.39 is 11.7 Å². The second-order valence-electron chi connectivity index (χ2n) is 7.05. The lowest BCUT2D eigenvalue weighted by molar-refractivity contribution is 0.0523. The molecule has 0 bridgehead atoms. The molecule has 0 atom stereocenters. The highest BCUT2D eigenvalue weighted by atomic mass is 79.9. The Bertz CT molecular complexity index is 1020. The minimum absolute atomic E-state index is 0.463. The van der Waals surface area contributed by atoms with Gasteiger partial charge in [0.2, 0.25) is 0 Å². The normalized spacial score (nSPS) is 12.5. The monoisotopic (exact) mass is 491 g/mol. The summed E-state index contributed by atoms with van der Waals surface area (Å²) in [5.41, 5.74) is 2.78. The van der Waals surface area contributed by atoms with Gasteiger partial charge in [-0.3, -0.25) is 4.99 Å². The van der Waals surface area contributed by atoms with E-state index in [1.165, 1.54) is 15.8 Å². The predicted molar refractivity (Wildman–Crippen MR) is 115 cm³/mol. The zero-order valence-corrected chi connectivity index (χ0v) is 18.4. The highest BCUT2D eigenvalue weighted by Gasteiger charge is 2.19. The topological polar surface area (TPSA) is 56.5 Å². The summed E-state index contributed by atoms with van der Waals surface area (Å²) in [5.74, 6) is 0. The molecule has 7 heteroatoms. The van der Waals surface area contributed by atoms with Crippen LogP contribution in [-0.2, 0) is 11.3 Å². The van der Waals surface area contributed by atoms with Crippen molar-refractivity contribution in [3.8, 4) is 0 Å². The first-order valence-electron chi connectivity index (χ1n) is 8.38. The van der Waals surface area contributed by atoms with Crippen LogP contribution in [0.25, 0.3) is 10.9 Å². The Hall–Kier alpha value is -1.99. The third kappa shape index (κ3) is 5.05. The first kappa shape index (κ1) is 19.8. The molecule has 0 spiro atoms. The van der Waals surface area contributed by atoms with Gasteiger partial charge >= 0.3 is 6.09 Å². The van der Waals surface area contributed by atoms with E-state index >= 15 is 0 Å². The smallest absolute Gasteiger partial charge is 0.435 e. The summed E-state index contributed by atoms with van der Waals surface area (Å²) >= 11 is 6.78. The van der Waals surface area contributed by atoms with E-state index in [1.54, 1.807) is 6.20 Å². The minimum Gasteiger partial charge on any atom is -0.442 e. The zero-order chi connectivity index (χ0) is 19.6. The number of halogens is 2. The molecule has 0 radical (unpaired) electrons. The van der Waals surface area contributed by atoms with Crippen molar-refractivity contribution in [2.45, 2.75) is 32.9 Å². The molecule has 0 amide bonds. The summed E-state index contributed by atoms with van der Waals surface area (Å²) in [6, 6.07) is 11.8. The fourth-order valence-electron chi connectivity index (χ4n) is 2.53. The van der Waals surface area contributed by atoms with Crippen LogP contribution in [0.3, 0.4) is 0 Å². The molecule has 0 unspecified atom stereocenters. The van der Waals surface area contributed by atoms with Crippen molar-refractivity contribution in [2.75, 3.05) is 0 Å². The van der Waals surface area contributed by atoms with E-state index in [1.807, 2.05) is 51.3 Å². The fourth-order valence-corrected chi connectivity index (χ4v) is 3.28. The third-order valence-corrected chi connectivity index (χ3v) is 4.68. The van der Waals surface area contributed by atoms with Crippen molar-refractivity contribution < 1.29 is 9.53 Å². The van der Waals surface area contributed by atoms with E-state index in [0.29, 0.717) is 0 Å². The Morgan fingerprint density at radius 3 is 2.56 bits per heavy atom. The van der Waals surface area contributed by atoms with Crippen LogP contribution in [0, 0.1) is 0 Å². The van der Waals surface area contributed by atoms with E-state index in [-0.39, 0.29) is 0 Å². The highest BCUT2D eigenvalue weighted by molar-refractivity contribution is 9.10. The molecular formula is C20H19Br2N3O2. The van der Waals surface area contributed by atoms with Crippen molar-refractivity contribution in [2.24, 2.45) is 4.99 Å². The molecule has 0 saturated heterocycles. The van der Waals surface area contributed by atoms with Crippen LogP contribution in [0.5, 0.6) is 0 Å². The second kappa shape index (κ2) is 7.94. The van der Waals surface area contributed by atoms with Gasteiger partial charge in [0, 0.05) is 20.5 Å². The number of hydrogen-bond acceptors (Lipinski definition) is 4. The largest absolute Gasteiger partial charge is 0.442 e. The lowest BCUT2D eigenvalue weighted by atomic mass is 10.1. The van der Waals surface area contributed by atoms with Gasteiger partial charge in [0.05, 0.1) is 18.3 Å². The van der Waals surface area contributed by atoms with Crippen LogP contribution in [0.1, 0.15) is 31.9 Å². The standard InChI is InChI=1S/C12H13BrN2O2.C8H6BrN/c1-12(2,3)17-11(16)15-10-5-4-9(13)6-8(10)7-14-15;9-8-2-1-6-4-10-5-7(6)3-8/h4-7H,1-3H3;1-3,5H,4H2. The van der Waals surface area contributed by atoms with Crippen molar-refractivity contribution in [3.63, 3.8) is 0 Å². The Kier molecular flexibility index (Phi) is 5.81. The number of rotatable bonds is 0. The van der Waals surface area contributed by atoms with E-state index in [2.05, 4.69) is 54.1 Å². The van der Waals surface area contributed by atoms with Gasteiger partial charge in [0.25, 0.3) is 0 Å². The Labute approximate surface area is 174 Å². The maximum Gasteiger partial charge on any atom is 0.435 e.